The van der Waals surface area contributed by atoms with Crippen molar-refractivity contribution in [3.63, 3.8) is 0 Å². The van der Waals surface area contributed by atoms with Gasteiger partial charge in [0.05, 0.1) is 10.4 Å². The minimum atomic E-state index is 0.232. The number of urea groups is 1. The normalized spacial score (nSPS) is 22.4. The Morgan fingerprint density at radius 3 is 3.05 bits per heavy atom. The van der Waals surface area contributed by atoms with Gasteiger partial charge in [-0.25, -0.2) is 4.79 Å². The van der Waals surface area contributed by atoms with Crippen molar-refractivity contribution >= 4 is 29.0 Å². The van der Waals surface area contributed by atoms with Gasteiger partial charge in [-0.15, -0.1) is 11.3 Å². The van der Waals surface area contributed by atoms with Gasteiger partial charge in [-0.05, 0) is 31.4 Å². The summed E-state index contributed by atoms with van der Waals surface area (Å²) in [6.45, 7) is 4.31. The highest BCUT2D eigenvalue weighted by Gasteiger charge is 2.37. The number of rotatable bonds is 5. The lowest BCUT2D eigenvalue weighted by molar-refractivity contribution is 0.175. The number of carbonyl (C=O) groups excluding carboxylic acids is 1. The summed E-state index contributed by atoms with van der Waals surface area (Å²) in [5, 5.41) is 3.38. The maximum absolute atomic E-state index is 12.2. The molecule has 1 unspecified atom stereocenters. The molecule has 2 saturated heterocycles. The van der Waals surface area contributed by atoms with E-state index in [1.54, 1.807) is 11.3 Å². The van der Waals surface area contributed by atoms with Crippen molar-refractivity contribution < 1.29 is 4.79 Å². The Hall–Kier alpha value is -0.780. The highest BCUT2D eigenvalue weighted by Crippen LogP contribution is 2.25. The molecule has 1 atom stereocenters. The molecule has 0 bridgehead atoms. The number of fused-ring (bicyclic) bond motifs is 1. The van der Waals surface area contributed by atoms with Crippen LogP contribution in [-0.2, 0) is 6.54 Å². The van der Waals surface area contributed by atoms with E-state index in [1.165, 1.54) is 17.7 Å². The zero-order valence-corrected chi connectivity index (χ0v) is 13.1. The molecule has 20 heavy (non-hydrogen) atoms. The number of carbonyl (C=O) groups is 1. The molecule has 0 saturated carbocycles. The fourth-order valence-electron chi connectivity index (χ4n) is 3.02. The molecular weight excluding hydrogens is 294 g/mol. The fourth-order valence-corrected chi connectivity index (χ4v) is 4.07. The van der Waals surface area contributed by atoms with Gasteiger partial charge in [-0.1, -0.05) is 11.6 Å². The van der Waals surface area contributed by atoms with Crippen LogP contribution in [0.3, 0.4) is 0 Å². The second-order valence-corrected chi connectivity index (χ2v) is 7.25. The van der Waals surface area contributed by atoms with Crippen molar-refractivity contribution in [3.05, 3.63) is 21.3 Å². The topological polar surface area (TPSA) is 35.6 Å². The first-order chi connectivity index (χ1) is 9.74. The minimum Gasteiger partial charge on any atom is -0.321 e. The summed E-state index contributed by atoms with van der Waals surface area (Å²) in [4.78, 5) is 17.5. The van der Waals surface area contributed by atoms with Gasteiger partial charge in [-0.2, -0.15) is 0 Å². The van der Waals surface area contributed by atoms with Gasteiger partial charge in [0.2, 0.25) is 0 Å². The summed E-state index contributed by atoms with van der Waals surface area (Å²) in [5.41, 5.74) is 0. The molecule has 0 spiro atoms. The van der Waals surface area contributed by atoms with Crippen LogP contribution in [0.15, 0.2) is 12.1 Å². The molecule has 0 aliphatic carbocycles. The predicted octanol–water partition coefficient (Wildman–Crippen LogP) is 2.78. The van der Waals surface area contributed by atoms with Crippen LogP contribution in [0, 0.1) is 0 Å². The Bertz CT molecular complexity index is 479. The van der Waals surface area contributed by atoms with E-state index in [0.29, 0.717) is 6.04 Å². The zero-order valence-electron chi connectivity index (χ0n) is 11.5. The van der Waals surface area contributed by atoms with Gasteiger partial charge in [0, 0.05) is 37.6 Å². The Kier molecular flexibility index (Phi) is 4.48. The molecule has 110 valence electrons. The third kappa shape index (κ3) is 3.10. The molecular formula is C14H20ClN3OS. The van der Waals surface area contributed by atoms with E-state index in [9.17, 15) is 4.79 Å². The van der Waals surface area contributed by atoms with Crippen molar-refractivity contribution in [2.24, 2.45) is 0 Å². The summed E-state index contributed by atoms with van der Waals surface area (Å²) in [6.07, 6.45) is 3.59. The second-order valence-electron chi connectivity index (χ2n) is 5.45. The van der Waals surface area contributed by atoms with Gasteiger partial charge in [0.15, 0.2) is 0 Å². The van der Waals surface area contributed by atoms with Crippen LogP contribution in [0.4, 0.5) is 4.79 Å². The van der Waals surface area contributed by atoms with Crippen molar-refractivity contribution in [3.8, 4) is 0 Å². The third-order valence-electron chi connectivity index (χ3n) is 4.06. The quantitative estimate of drug-likeness (QED) is 0.849. The summed E-state index contributed by atoms with van der Waals surface area (Å²) in [5.74, 6) is 0. The number of hydrogen-bond acceptors (Lipinski definition) is 3. The van der Waals surface area contributed by atoms with Crippen LogP contribution in [0.1, 0.15) is 24.1 Å². The average molecular weight is 314 g/mol. The predicted molar refractivity (Wildman–Crippen MR) is 82.3 cm³/mol. The Morgan fingerprint density at radius 2 is 2.30 bits per heavy atom. The summed E-state index contributed by atoms with van der Waals surface area (Å²) in [6, 6.07) is 4.66. The molecule has 3 heterocycles. The van der Waals surface area contributed by atoms with Crippen LogP contribution in [-0.4, -0.2) is 48.1 Å². The second kappa shape index (κ2) is 6.33. The zero-order chi connectivity index (χ0) is 13.9. The minimum absolute atomic E-state index is 0.232. The molecule has 1 N–H and O–H groups in total. The highest BCUT2D eigenvalue weighted by molar-refractivity contribution is 7.16. The van der Waals surface area contributed by atoms with E-state index in [-0.39, 0.29) is 6.03 Å². The lowest BCUT2D eigenvalue weighted by Gasteiger charge is -2.27. The van der Waals surface area contributed by atoms with Gasteiger partial charge in [-0.3, -0.25) is 0 Å². The summed E-state index contributed by atoms with van der Waals surface area (Å²) in [7, 11) is 0. The maximum Gasteiger partial charge on any atom is 0.320 e. The summed E-state index contributed by atoms with van der Waals surface area (Å²) < 4.78 is 0.827. The SMILES string of the molecule is O=C1N(CCNCc2ccc(Cl)s2)CC2CCCCN12. The smallest absolute Gasteiger partial charge is 0.320 e. The first kappa shape index (κ1) is 14.2. The number of nitrogens with one attached hydrogen (secondary N) is 1. The van der Waals surface area contributed by atoms with Crippen LogP contribution >= 0.6 is 22.9 Å². The molecule has 4 nitrogen and oxygen atoms in total. The fraction of sp³-hybridized carbons (Fsp3) is 0.643. The van der Waals surface area contributed by atoms with E-state index < -0.39 is 0 Å². The first-order valence-electron chi connectivity index (χ1n) is 7.24. The van der Waals surface area contributed by atoms with E-state index in [4.69, 9.17) is 11.6 Å². The van der Waals surface area contributed by atoms with Crippen LogP contribution < -0.4 is 5.32 Å². The largest absolute Gasteiger partial charge is 0.321 e. The number of hydrogen-bond donors (Lipinski definition) is 1. The van der Waals surface area contributed by atoms with Crippen molar-refractivity contribution in [1.82, 2.24) is 15.1 Å². The number of amides is 2. The van der Waals surface area contributed by atoms with Crippen molar-refractivity contribution in [2.75, 3.05) is 26.2 Å². The van der Waals surface area contributed by atoms with Gasteiger partial charge in [0.1, 0.15) is 0 Å². The maximum atomic E-state index is 12.2. The Balaban J connectivity index is 1.41. The van der Waals surface area contributed by atoms with Gasteiger partial charge >= 0.3 is 6.03 Å². The standard InChI is InChI=1S/C14H20ClN3OS/c15-13-5-4-12(20-13)9-16-6-8-17-10-11-3-1-2-7-18(11)14(17)19/h4-5,11,16H,1-3,6-10H2. The molecule has 3 rings (SSSR count). The first-order valence-corrected chi connectivity index (χ1v) is 8.44. The van der Waals surface area contributed by atoms with Crippen LogP contribution in [0.5, 0.6) is 0 Å². The lowest BCUT2D eigenvalue weighted by Crippen LogP contribution is -2.39. The molecule has 1 aromatic heterocycles. The molecule has 2 amide bonds. The van der Waals surface area contributed by atoms with Gasteiger partial charge < -0.3 is 15.1 Å². The van der Waals surface area contributed by atoms with E-state index in [0.717, 1.165) is 43.5 Å². The molecule has 0 radical (unpaired) electrons. The van der Waals surface area contributed by atoms with Crippen LogP contribution in [0.2, 0.25) is 4.34 Å². The molecule has 2 fully saturated rings. The molecule has 6 heteroatoms. The van der Waals surface area contributed by atoms with E-state index in [1.807, 2.05) is 17.0 Å². The molecule has 0 aromatic carbocycles. The lowest BCUT2D eigenvalue weighted by atomic mass is 10.0. The number of thiophene rings is 1. The van der Waals surface area contributed by atoms with Crippen molar-refractivity contribution in [2.45, 2.75) is 31.8 Å². The Morgan fingerprint density at radius 1 is 1.40 bits per heavy atom. The van der Waals surface area contributed by atoms with Crippen molar-refractivity contribution in [1.29, 1.82) is 0 Å². The third-order valence-corrected chi connectivity index (χ3v) is 5.29. The molecule has 2 aliphatic rings. The monoisotopic (exact) mass is 313 g/mol. The number of halogens is 1. The molecule has 1 aromatic rings. The average Bonchev–Trinajstić information content (AvgIpc) is 3.00. The Labute approximate surface area is 128 Å². The molecule has 2 aliphatic heterocycles. The van der Waals surface area contributed by atoms with Crippen LogP contribution in [0.25, 0.3) is 0 Å². The number of nitrogens with zero attached hydrogens (tertiary/aromatic N) is 2. The number of piperidine rings is 1. The van der Waals surface area contributed by atoms with E-state index >= 15 is 0 Å². The summed E-state index contributed by atoms with van der Waals surface area (Å²) >= 11 is 7.50. The highest BCUT2D eigenvalue weighted by atomic mass is 35.5. The van der Waals surface area contributed by atoms with Gasteiger partial charge in [0.25, 0.3) is 0 Å². The van der Waals surface area contributed by atoms with E-state index in [2.05, 4.69) is 10.2 Å².